The standard InChI is InChI=1S/C13H20N2.C11H13F2N.C11H11NO3.C11H13NO.C11H12O.C9H14O5.C8H8Br2.HNO3/c1-15(2)13-7-4-10-3-6-12(14)9-11(10)5-8-13;12-11(13)5-3-8-1-2-10(14)7-9(8)4-6-11;13-11-5-2-8-1-4-10(12(14)15)7-9(8)3-6-11;12-10-4-1-8-2-5-11(13)6-3-9(8)7-10;12-11-7-5-9-3-1-2-4-10(9)6-8-11;1-3-13-8(11)5-7(10)6-9(12)14-4-2;9-5-7-3-1-2-4-8(7)6-10;2-1(3)4/h3,6,9,13H,4-5,7-8,14H2,1-2H3;1-2,7H,3-6,14H2;1,4,7H,2-3,5-6H2;1,4,7H,2-3,5-6,12H2;1-4H,5-8H2;3-6H2,1-2H3;1-4H,5-6H2;(H,2,3,4). The fourth-order valence-corrected chi connectivity index (χ4v) is 12.4. The highest BCUT2D eigenvalue weighted by molar-refractivity contribution is 9.09. The monoisotopic (exact) mass is 1470 g/mol. The number of fused-ring (bicyclic) bond motifs is 5. The largest absolute Gasteiger partial charge is 0.466 e. The molecule has 0 aromatic heterocycles. The Morgan fingerprint density at radius 3 is 1.20 bits per heavy atom. The number of nitrogens with zero attached hydrogens (tertiary/aromatic N) is 3. The molecule has 97 heavy (non-hydrogen) atoms. The van der Waals surface area contributed by atoms with Gasteiger partial charge in [0.25, 0.3) is 10.8 Å². The van der Waals surface area contributed by atoms with Gasteiger partial charge < -0.3 is 36.8 Å². The van der Waals surface area contributed by atoms with Crippen LogP contribution in [0.2, 0.25) is 0 Å². The molecule has 6 aromatic rings. The van der Waals surface area contributed by atoms with E-state index in [9.17, 15) is 47.7 Å². The minimum absolute atomic E-state index is 0.0378. The number of esters is 2. The van der Waals surface area contributed by atoms with Gasteiger partial charge in [0.05, 0.1) is 18.1 Å². The normalized spacial score (nSPS) is 15.4. The molecule has 7 N–H and O–H groups in total. The first-order valence-electron chi connectivity index (χ1n) is 32.6. The number of Topliss-reactive ketones (excluding diaryl/α,β-unsaturated/α-hetero) is 4. The number of benzene rings is 6. The molecule has 0 saturated carbocycles. The molecule has 0 bridgehead atoms. The van der Waals surface area contributed by atoms with E-state index in [1.54, 1.807) is 32.0 Å². The third-order valence-corrected chi connectivity index (χ3v) is 17.9. The summed E-state index contributed by atoms with van der Waals surface area (Å²) in [6.07, 6.45) is 13.8. The molecule has 524 valence electrons. The van der Waals surface area contributed by atoms with E-state index in [-0.39, 0.29) is 50.4 Å². The summed E-state index contributed by atoms with van der Waals surface area (Å²) in [6.45, 7) is 3.75. The van der Waals surface area contributed by atoms with Crippen LogP contribution in [-0.4, -0.2) is 94.5 Å². The topological polar surface area (TPSA) is 309 Å². The maximum absolute atomic E-state index is 13.1. The minimum atomic E-state index is -2.51. The van der Waals surface area contributed by atoms with E-state index in [0.717, 1.165) is 88.9 Å². The summed E-state index contributed by atoms with van der Waals surface area (Å²) in [5.41, 5.74) is 34.6. The number of aryl methyl sites for hydroxylation is 10. The smallest absolute Gasteiger partial charge is 0.313 e. The number of hydrogen-bond acceptors (Lipinski definition) is 16. The van der Waals surface area contributed by atoms with Gasteiger partial charge in [-0.1, -0.05) is 105 Å². The number of ether oxygens (including phenoxy) is 2. The second-order valence-corrected chi connectivity index (χ2v) is 25.1. The fraction of sp³-hybridized carbons (Fsp3) is 0.432. The molecule has 0 fully saturated rings. The van der Waals surface area contributed by atoms with Crippen LogP contribution in [0.3, 0.4) is 0 Å². The number of halogens is 4. The van der Waals surface area contributed by atoms with E-state index >= 15 is 0 Å². The summed E-state index contributed by atoms with van der Waals surface area (Å²) in [4.78, 5) is 87.1. The van der Waals surface area contributed by atoms with Crippen molar-refractivity contribution in [3.63, 3.8) is 0 Å². The van der Waals surface area contributed by atoms with Crippen LogP contribution in [0, 0.1) is 20.2 Å². The number of rotatable bonds is 10. The van der Waals surface area contributed by atoms with E-state index in [0.29, 0.717) is 68.6 Å². The molecule has 19 nitrogen and oxygen atoms in total. The summed E-state index contributed by atoms with van der Waals surface area (Å²) in [7, 11) is 4.35. The summed E-state index contributed by atoms with van der Waals surface area (Å²) in [5.74, 6) is -3.19. The average Bonchev–Trinajstić information content (AvgIpc) is 1.84. The number of non-ortho nitro benzene ring substituents is 1. The number of hydrogen-bond donors (Lipinski definition) is 4. The van der Waals surface area contributed by atoms with Gasteiger partial charge in [-0.05, 0) is 208 Å². The molecule has 0 radical (unpaired) electrons. The summed E-state index contributed by atoms with van der Waals surface area (Å²) < 4.78 is 35.3. The second-order valence-electron chi connectivity index (χ2n) is 24.0. The minimum Gasteiger partial charge on any atom is -0.466 e. The molecule has 0 spiro atoms. The van der Waals surface area contributed by atoms with Gasteiger partial charge >= 0.3 is 11.9 Å². The average molecular weight is 1470 g/mol. The molecule has 1 atom stereocenters. The predicted molar refractivity (Wildman–Crippen MR) is 381 cm³/mol. The highest BCUT2D eigenvalue weighted by atomic mass is 79.9. The molecule has 0 aliphatic heterocycles. The Labute approximate surface area is 584 Å². The third kappa shape index (κ3) is 31.2. The van der Waals surface area contributed by atoms with Gasteiger partial charge in [0.15, 0.2) is 5.78 Å². The van der Waals surface area contributed by atoms with Gasteiger partial charge in [0.1, 0.15) is 30.2 Å². The number of alkyl halides is 4. The van der Waals surface area contributed by atoms with Gasteiger partial charge in [-0.3, -0.25) is 38.9 Å². The zero-order valence-corrected chi connectivity index (χ0v) is 59.1. The van der Waals surface area contributed by atoms with E-state index in [2.05, 4.69) is 121 Å². The number of ketones is 4. The number of nitrogens with two attached hydrogens (primary N) is 3. The van der Waals surface area contributed by atoms with Crippen LogP contribution in [0.4, 0.5) is 31.5 Å². The molecule has 23 heteroatoms. The number of nitro benzene ring substituents is 1. The van der Waals surface area contributed by atoms with Crippen molar-refractivity contribution >= 4 is 89.7 Å². The van der Waals surface area contributed by atoms with Crippen molar-refractivity contribution in [1.29, 1.82) is 0 Å². The number of nitro groups is 1. The molecule has 0 amide bonds. The lowest BCUT2D eigenvalue weighted by Gasteiger charge is -2.21. The van der Waals surface area contributed by atoms with Crippen molar-refractivity contribution in [3.8, 4) is 0 Å². The molecule has 0 saturated heterocycles. The molecule has 6 aromatic carbocycles. The van der Waals surface area contributed by atoms with E-state index in [1.807, 2.05) is 36.4 Å². The summed E-state index contributed by atoms with van der Waals surface area (Å²) >= 11 is 6.86. The maximum Gasteiger partial charge on any atom is 0.313 e. The van der Waals surface area contributed by atoms with Crippen molar-refractivity contribution in [2.45, 2.75) is 178 Å². The maximum atomic E-state index is 13.1. The van der Waals surface area contributed by atoms with Crippen LogP contribution >= 0.6 is 31.9 Å². The van der Waals surface area contributed by atoms with Gasteiger partial charge in [-0.2, -0.15) is 0 Å². The van der Waals surface area contributed by atoms with Crippen LogP contribution < -0.4 is 17.2 Å². The van der Waals surface area contributed by atoms with Crippen molar-refractivity contribution in [1.82, 2.24) is 4.90 Å². The lowest BCUT2D eigenvalue weighted by atomic mass is 10.0. The van der Waals surface area contributed by atoms with Gasteiger partial charge in [-0.25, -0.2) is 8.78 Å². The Balaban J connectivity index is 0.000000239. The number of anilines is 3. The van der Waals surface area contributed by atoms with E-state index in [1.165, 1.54) is 76.3 Å². The predicted octanol–water partition coefficient (Wildman–Crippen LogP) is 14.3. The molecule has 5 aliphatic rings. The molecule has 0 heterocycles. The van der Waals surface area contributed by atoms with Gasteiger partial charge in [0.2, 0.25) is 5.92 Å². The Bertz CT molecular complexity index is 3510. The SMILES string of the molecule is BrCc1ccccc1CBr.CCOC(=O)CC(=O)CC(=O)OCC.CN(C)C1CCc2ccc(N)cc2CC1.Nc1ccc2c(c1)CCC(=O)CC2.Nc1ccc2c(c1)CCC(F)(F)CC2.O=C1CCc2ccc([N+](=O)[O-])cc2CC1.O=C1CCc2ccccc2CC1.O=[N+]([O-])O. The quantitative estimate of drug-likeness (QED) is 0.0188. The molecular formula is C74H92Br2F2N6O13. The van der Waals surface area contributed by atoms with Crippen molar-refractivity contribution < 1.29 is 62.2 Å². The van der Waals surface area contributed by atoms with E-state index < -0.39 is 33.7 Å². The lowest BCUT2D eigenvalue weighted by Crippen LogP contribution is -2.27. The fourth-order valence-electron chi connectivity index (χ4n) is 11.3. The molecular weight excluding hydrogens is 1380 g/mol. The number of carbonyl (C=O) groups is 6. The van der Waals surface area contributed by atoms with Crippen LogP contribution in [-0.2, 0) is 113 Å². The third-order valence-electron chi connectivity index (χ3n) is 16.7. The number of carbonyl (C=O) groups excluding carboxylic acids is 6. The zero-order chi connectivity index (χ0) is 71.5. The van der Waals surface area contributed by atoms with Gasteiger partial charge in [-0.15, -0.1) is 10.1 Å². The van der Waals surface area contributed by atoms with Crippen molar-refractivity contribution in [2.24, 2.45) is 0 Å². The van der Waals surface area contributed by atoms with Crippen molar-refractivity contribution in [3.05, 3.63) is 208 Å². The molecule has 1 unspecified atom stereocenters. The summed E-state index contributed by atoms with van der Waals surface area (Å²) in [6, 6.07) is 40.1. The Morgan fingerprint density at radius 2 is 0.814 bits per heavy atom. The number of nitrogen functional groups attached to an aromatic ring is 3. The first-order valence-corrected chi connectivity index (χ1v) is 34.9. The lowest BCUT2D eigenvalue weighted by molar-refractivity contribution is -0.742. The van der Waals surface area contributed by atoms with Crippen LogP contribution in [0.15, 0.2) is 121 Å². The Hall–Kier alpha value is -8.28. The highest BCUT2D eigenvalue weighted by Gasteiger charge is 2.31. The summed E-state index contributed by atoms with van der Waals surface area (Å²) in [5, 5.41) is 26.1. The van der Waals surface area contributed by atoms with E-state index in [4.69, 9.17) is 32.5 Å². The second kappa shape index (κ2) is 43.1. The Kier molecular flexibility index (Phi) is 36.1. The zero-order valence-electron chi connectivity index (χ0n) is 55.9. The first-order chi connectivity index (χ1) is 46.2. The molecule has 11 rings (SSSR count). The van der Waals surface area contributed by atoms with Gasteiger partial charge in [0, 0.05) is 97.3 Å². The van der Waals surface area contributed by atoms with Crippen LogP contribution in [0.25, 0.3) is 0 Å². The van der Waals surface area contributed by atoms with Crippen LogP contribution in [0.5, 0.6) is 0 Å². The van der Waals surface area contributed by atoms with Crippen LogP contribution in [0.1, 0.15) is 158 Å². The Morgan fingerprint density at radius 1 is 0.505 bits per heavy atom. The molecule has 5 aliphatic carbocycles. The first kappa shape index (κ1) is 81.2. The van der Waals surface area contributed by atoms with Crippen molar-refractivity contribution in [2.75, 3.05) is 44.5 Å². The highest BCUT2D eigenvalue weighted by Crippen LogP contribution is 2.33.